The smallest absolute Gasteiger partial charge is 0.0145 e. The molecule has 4 heteroatoms. The molecule has 4 fully saturated rings. The highest BCUT2D eigenvalue weighted by Gasteiger charge is 2.41. The molecule has 42 heavy (non-hydrogen) atoms. The third-order valence-electron chi connectivity index (χ3n) is 10.4. The van der Waals surface area contributed by atoms with Crippen LogP contribution in [0.3, 0.4) is 0 Å². The van der Waals surface area contributed by atoms with Crippen molar-refractivity contribution in [1.82, 2.24) is 10.6 Å². The Morgan fingerprint density at radius 3 is 1.45 bits per heavy atom. The molecule has 0 bridgehead atoms. The van der Waals surface area contributed by atoms with Crippen LogP contribution in [0.5, 0.6) is 0 Å². The monoisotopic (exact) mass is 572 g/mol. The molecule has 0 aromatic heterocycles. The second-order valence-corrected chi connectivity index (χ2v) is 16.2. The second-order valence-electron chi connectivity index (χ2n) is 16.2. The number of hydrogen-bond acceptors (Lipinski definition) is 4. The lowest BCUT2D eigenvalue weighted by molar-refractivity contribution is 0.339. The number of benzene rings is 2. The summed E-state index contributed by atoms with van der Waals surface area (Å²) in [5, 5.41) is 7.72. The van der Waals surface area contributed by atoms with Gasteiger partial charge in [0, 0.05) is 48.1 Å². The molecule has 2 aromatic rings. The first-order valence-electron chi connectivity index (χ1n) is 17.1. The summed E-state index contributed by atoms with van der Waals surface area (Å²) in [7, 11) is 0. The van der Waals surface area contributed by atoms with Crippen LogP contribution in [0, 0.1) is 0 Å². The van der Waals surface area contributed by atoms with Crippen LogP contribution in [0.1, 0.15) is 140 Å². The van der Waals surface area contributed by atoms with Gasteiger partial charge in [-0.3, -0.25) is 0 Å². The largest absolute Gasteiger partial charge is 0.328 e. The highest BCUT2D eigenvalue weighted by atomic mass is 15.0. The molecule has 0 heterocycles. The molecule has 4 atom stereocenters. The first kappa shape index (κ1) is 31.7. The molecule has 4 nitrogen and oxygen atoms in total. The minimum atomic E-state index is 0.243. The highest BCUT2D eigenvalue weighted by Crippen LogP contribution is 2.43. The fourth-order valence-corrected chi connectivity index (χ4v) is 7.14. The summed E-state index contributed by atoms with van der Waals surface area (Å²) in [6, 6.07) is 22.2. The van der Waals surface area contributed by atoms with E-state index in [-0.39, 0.29) is 10.8 Å². The number of nitrogens with one attached hydrogen (secondary N) is 2. The van der Waals surface area contributed by atoms with Gasteiger partial charge in [0.2, 0.25) is 0 Å². The first-order valence-corrected chi connectivity index (χ1v) is 17.1. The van der Waals surface area contributed by atoms with Gasteiger partial charge >= 0.3 is 0 Å². The zero-order valence-corrected chi connectivity index (χ0v) is 27.5. The lowest BCUT2D eigenvalue weighted by atomic mass is 9.86. The summed E-state index contributed by atoms with van der Waals surface area (Å²) >= 11 is 0. The Morgan fingerprint density at radius 2 is 1.00 bits per heavy atom. The fraction of sp³-hybridized carbons (Fsp3) is 0.684. The highest BCUT2D eigenvalue weighted by molar-refractivity contribution is 5.35. The molecule has 0 spiro atoms. The minimum absolute atomic E-state index is 0.243. The van der Waals surface area contributed by atoms with Gasteiger partial charge in [-0.1, -0.05) is 90.1 Å². The van der Waals surface area contributed by atoms with Crippen molar-refractivity contribution in [1.29, 1.82) is 0 Å². The van der Waals surface area contributed by atoms with Crippen LogP contribution < -0.4 is 22.1 Å². The van der Waals surface area contributed by atoms with Crippen molar-refractivity contribution >= 4 is 0 Å². The Bertz CT molecular complexity index is 1130. The van der Waals surface area contributed by atoms with Gasteiger partial charge in [-0.05, 0) is 97.3 Å². The van der Waals surface area contributed by atoms with E-state index >= 15 is 0 Å². The molecule has 4 aliphatic rings. The Balaban J connectivity index is 0.000000168. The topological polar surface area (TPSA) is 76.1 Å². The van der Waals surface area contributed by atoms with Gasteiger partial charge in [-0.2, -0.15) is 0 Å². The van der Waals surface area contributed by atoms with Crippen LogP contribution in [0.4, 0.5) is 0 Å². The van der Waals surface area contributed by atoms with E-state index in [2.05, 4.69) is 101 Å². The molecule has 2 aromatic carbocycles. The molecule has 0 amide bonds. The molecule has 6 N–H and O–H groups in total. The van der Waals surface area contributed by atoms with E-state index in [4.69, 9.17) is 11.5 Å². The van der Waals surface area contributed by atoms with Crippen molar-refractivity contribution < 1.29 is 0 Å². The van der Waals surface area contributed by atoms with Crippen molar-refractivity contribution in [3.8, 4) is 0 Å². The Hall–Kier alpha value is -1.72. The zero-order chi connectivity index (χ0) is 30.1. The quantitative estimate of drug-likeness (QED) is 0.291. The third kappa shape index (κ3) is 8.68. The molecule has 4 saturated carbocycles. The maximum Gasteiger partial charge on any atom is 0.0145 e. The minimum Gasteiger partial charge on any atom is -0.328 e. The van der Waals surface area contributed by atoms with E-state index in [1.165, 1.54) is 86.5 Å². The van der Waals surface area contributed by atoms with Gasteiger partial charge in [-0.25, -0.2) is 0 Å². The van der Waals surface area contributed by atoms with Gasteiger partial charge in [0.15, 0.2) is 0 Å². The van der Waals surface area contributed by atoms with Crippen molar-refractivity contribution in [3.05, 3.63) is 70.8 Å². The van der Waals surface area contributed by atoms with Gasteiger partial charge in [0.25, 0.3) is 0 Å². The van der Waals surface area contributed by atoms with E-state index < -0.39 is 0 Å². The first-order chi connectivity index (χ1) is 19.9. The van der Waals surface area contributed by atoms with Gasteiger partial charge < -0.3 is 22.1 Å². The molecule has 6 rings (SSSR count). The number of hydrogen-bond donors (Lipinski definition) is 4. The van der Waals surface area contributed by atoms with E-state index in [0.717, 1.165) is 11.8 Å². The average Bonchev–Trinajstić information content (AvgIpc) is 3.88. The van der Waals surface area contributed by atoms with Crippen molar-refractivity contribution in [2.45, 2.75) is 165 Å². The van der Waals surface area contributed by atoms with Gasteiger partial charge in [0.05, 0.1) is 0 Å². The van der Waals surface area contributed by atoms with Crippen LogP contribution in [0.25, 0.3) is 0 Å². The summed E-state index contributed by atoms with van der Waals surface area (Å²) < 4.78 is 0. The molecule has 0 saturated heterocycles. The number of rotatable bonds is 6. The SMILES string of the molecule is CC(C)(C)c1ccc([C@@H]2C[C@H]2NC2CCC(N)CC2)cc1.CC(C)(C)c1cccc([C@@H]2C[C@H]2NC2CCC(N)CC2)c1. The van der Waals surface area contributed by atoms with Crippen molar-refractivity contribution in [2.75, 3.05) is 0 Å². The van der Waals surface area contributed by atoms with Gasteiger partial charge in [0.1, 0.15) is 0 Å². The maximum absolute atomic E-state index is 5.99. The lowest BCUT2D eigenvalue weighted by Crippen LogP contribution is -2.38. The van der Waals surface area contributed by atoms with Crippen LogP contribution in [0.2, 0.25) is 0 Å². The van der Waals surface area contributed by atoms with Crippen LogP contribution in [0.15, 0.2) is 48.5 Å². The maximum atomic E-state index is 5.99. The van der Waals surface area contributed by atoms with E-state index in [9.17, 15) is 0 Å². The van der Waals surface area contributed by atoms with Gasteiger partial charge in [-0.15, -0.1) is 0 Å². The predicted octanol–water partition coefficient (Wildman–Crippen LogP) is 7.40. The molecule has 0 unspecified atom stereocenters. The standard InChI is InChI=1S/2C19H30N2/c1-19(2,3)14-6-4-13(5-7-14)17-12-18(17)21-16-10-8-15(20)9-11-16;1-19(2,3)14-6-4-5-13(11-14)17-12-18(17)21-16-9-7-15(20)8-10-16/h4-7,15-18,21H,8-12,20H2,1-3H3;4-6,11,15-18,21H,7-10,12,20H2,1-3H3/t2*15?,16?,17-,18+/m00/s1. The third-order valence-corrected chi connectivity index (χ3v) is 10.4. The van der Waals surface area contributed by atoms with Crippen molar-refractivity contribution in [2.24, 2.45) is 11.5 Å². The fourth-order valence-electron chi connectivity index (χ4n) is 7.14. The average molecular weight is 573 g/mol. The lowest BCUT2D eigenvalue weighted by Gasteiger charge is -2.27. The number of nitrogens with two attached hydrogens (primary N) is 2. The zero-order valence-electron chi connectivity index (χ0n) is 27.5. The van der Waals surface area contributed by atoms with E-state index in [1.807, 2.05) is 0 Å². The van der Waals surface area contributed by atoms with E-state index in [1.54, 1.807) is 0 Å². The van der Waals surface area contributed by atoms with Crippen LogP contribution in [-0.2, 0) is 10.8 Å². The summed E-state index contributed by atoms with van der Waals surface area (Å²) in [5.74, 6) is 1.46. The molecular weight excluding hydrogens is 512 g/mol. The molecule has 4 aliphatic carbocycles. The Morgan fingerprint density at radius 1 is 0.548 bits per heavy atom. The predicted molar refractivity (Wildman–Crippen MR) is 179 cm³/mol. The van der Waals surface area contributed by atoms with Crippen LogP contribution >= 0.6 is 0 Å². The summed E-state index contributed by atoms with van der Waals surface area (Å²) in [6.45, 7) is 13.7. The van der Waals surface area contributed by atoms with E-state index in [0.29, 0.717) is 36.3 Å². The summed E-state index contributed by atoms with van der Waals surface area (Å²) in [6.07, 6.45) is 12.4. The molecular formula is C38H60N4. The molecule has 0 aliphatic heterocycles. The summed E-state index contributed by atoms with van der Waals surface area (Å²) in [5.41, 5.74) is 18.4. The normalized spacial score (nSPS) is 33.0. The van der Waals surface area contributed by atoms with Crippen molar-refractivity contribution in [3.63, 3.8) is 0 Å². The Labute approximate surface area is 257 Å². The molecule has 232 valence electrons. The second kappa shape index (κ2) is 13.1. The summed E-state index contributed by atoms with van der Waals surface area (Å²) in [4.78, 5) is 0. The van der Waals surface area contributed by atoms with Crippen LogP contribution in [-0.4, -0.2) is 36.3 Å². The Kier molecular flexibility index (Phi) is 9.89. The molecule has 0 radical (unpaired) electrons.